The van der Waals surface area contributed by atoms with Crippen LogP contribution in [0.1, 0.15) is 16.8 Å². The average molecular weight is 327 g/mol. The van der Waals surface area contributed by atoms with Crippen LogP contribution in [0.15, 0.2) is 24.3 Å². The zero-order valence-electron chi connectivity index (χ0n) is 12.3. The molecule has 1 aliphatic rings. The second-order valence-corrected chi connectivity index (χ2v) is 7.59. The molecule has 1 heterocycles. The van der Waals surface area contributed by atoms with Gasteiger partial charge in [0.05, 0.1) is 22.5 Å². The Hall–Kier alpha value is -2.00. The molecule has 1 fully saturated rings. The Morgan fingerprint density at radius 1 is 1.27 bits per heavy atom. The van der Waals surface area contributed by atoms with Crippen LogP contribution in [-0.2, 0) is 9.84 Å². The molecule has 1 amide bonds. The van der Waals surface area contributed by atoms with E-state index in [2.05, 4.69) is 0 Å². The summed E-state index contributed by atoms with van der Waals surface area (Å²) in [4.78, 5) is 22.7. The van der Waals surface area contributed by atoms with Crippen molar-refractivity contribution in [2.24, 2.45) is 0 Å². The maximum atomic E-state index is 12.6. The highest BCUT2D eigenvalue weighted by molar-refractivity contribution is 7.91. The molecule has 0 spiro atoms. The van der Waals surface area contributed by atoms with Crippen LogP contribution in [0, 0.1) is 10.1 Å². The fourth-order valence-electron chi connectivity index (χ4n) is 2.50. The maximum Gasteiger partial charge on any atom is 0.269 e. The Kier molecular flexibility index (Phi) is 4.47. The molecule has 0 unspecified atom stereocenters. The molecule has 9 heteroatoms. The normalized spacial score (nSPS) is 20.0. The largest absolute Gasteiger partial charge is 0.269 e. The van der Waals surface area contributed by atoms with Crippen LogP contribution >= 0.6 is 0 Å². The van der Waals surface area contributed by atoms with Crippen molar-refractivity contribution in [1.29, 1.82) is 0 Å². The Bertz CT molecular complexity index is 684. The molecule has 0 radical (unpaired) electrons. The van der Waals surface area contributed by atoms with Crippen LogP contribution in [0.25, 0.3) is 0 Å². The Labute approximate surface area is 128 Å². The molecule has 0 N–H and O–H groups in total. The number of nitrogens with zero attached hydrogens (tertiary/aromatic N) is 3. The molecule has 0 saturated carbocycles. The van der Waals surface area contributed by atoms with Crippen LogP contribution in [-0.4, -0.2) is 60.9 Å². The first kappa shape index (κ1) is 16.4. The average Bonchev–Trinajstić information content (AvgIpc) is 2.78. The number of hydrogen-bond donors (Lipinski definition) is 0. The Morgan fingerprint density at radius 3 is 2.27 bits per heavy atom. The number of hydrogen-bond acceptors (Lipinski definition) is 6. The van der Waals surface area contributed by atoms with Gasteiger partial charge in [-0.3, -0.25) is 19.9 Å². The quantitative estimate of drug-likeness (QED) is 0.596. The Morgan fingerprint density at radius 2 is 1.86 bits per heavy atom. The van der Waals surface area contributed by atoms with Gasteiger partial charge in [-0.25, -0.2) is 13.4 Å². The summed E-state index contributed by atoms with van der Waals surface area (Å²) in [5, 5.41) is 13.6. The molecular formula is C13H17N3O5S. The highest BCUT2D eigenvalue weighted by atomic mass is 32.2. The SMILES string of the molecule is CN(C)N(C(=O)c1ccc([N+](=O)[O-])cc1)[C@H]1CCS(=O)(=O)C1. The zero-order chi connectivity index (χ0) is 16.5. The standard InChI is InChI=1S/C13H17N3O5S/c1-14(2)15(12-7-8-22(20,21)9-12)13(17)10-3-5-11(6-4-10)16(18)19/h3-6,12H,7-9H2,1-2H3/t12-/m0/s1. The molecule has 1 saturated heterocycles. The van der Waals surface area contributed by atoms with Crippen molar-refractivity contribution in [2.75, 3.05) is 25.6 Å². The van der Waals surface area contributed by atoms with Crippen molar-refractivity contribution < 1.29 is 18.1 Å². The van der Waals surface area contributed by atoms with Gasteiger partial charge in [-0.05, 0) is 18.6 Å². The summed E-state index contributed by atoms with van der Waals surface area (Å²) in [6, 6.07) is 4.85. The molecule has 1 atom stereocenters. The van der Waals surface area contributed by atoms with E-state index in [0.717, 1.165) is 0 Å². The highest BCUT2D eigenvalue weighted by Crippen LogP contribution is 2.21. The summed E-state index contributed by atoms with van der Waals surface area (Å²) in [7, 11) is 0.204. The van der Waals surface area contributed by atoms with E-state index in [-0.39, 0.29) is 28.7 Å². The van der Waals surface area contributed by atoms with E-state index in [1.54, 1.807) is 19.1 Å². The maximum absolute atomic E-state index is 12.6. The van der Waals surface area contributed by atoms with Gasteiger partial charge in [0.25, 0.3) is 11.6 Å². The predicted octanol–water partition coefficient (Wildman–Crippen LogP) is 0.701. The lowest BCUT2D eigenvalue weighted by atomic mass is 10.1. The van der Waals surface area contributed by atoms with Gasteiger partial charge in [-0.15, -0.1) is 0 Å². The lowest BCUT2D eigenvalue weighted by Crippen LogP contribution is -2.49. The predicted molar refractivity (Wildman–Crippen MR) is 80.0 cm³/mol. The highest BCUT2D eigenvalue weighted by Gasteiger charge is 2.36. The molecule has 0 aliphatic carbocycles. The fraction of sp³-hybridized carbons (Fsp3) is 0.462. The smallest absolute Gasteiger partial charge is 0.268 e. The van der Waals surface area contributed by atoms with E-state index in [1.165, 1.54) is 29.3 Å². The number of benzene rings is 1. The van der Waals surface area contributed by atoms with E-state index >= 15 is 0 Å². The van der Waals surface area contributed by atoms with Gasteiger partial charge in [0, 0.05) is 31.8 Å². The third-order valence-electron chi connectivity index (χ3n) is 3.52. The van der Waals surface area contributed by atoms with Crippen molar-refractivity contribution in [2.45, 2.75) is 12.5 Å². The third-order valence-corrected chi connectivity index (χ3v) is 5.27. The number of non-ortho nitro benzene ring substituents is 1. The summed E-state index contributed by atoms with van der Waals surface area (Å²) in [5.74, 6) is -0.374. The number of nitro benzene ring substituents is 1. The minimum Gasteiger partial charge on any atom is -0.268 e. The van der Waals surface area contributed by atoms with Gasteiger partial charge in [0.1, 0.15) is 0 Å². The zero-order valence-corrected chi connectivity index (χ0v) is 13.1. The van der Waals surface area contributed by atoms with Gasteiger partial charge in [0.2, 0.25) is 0 Å². The lowest BCUT2D eigenvalue weighted by molar-refractivity contribution is -0.384. The molecule has 1 aromatic carbocycles. The Balaban J connectivity index is 2.25. The minimum absolute atomic E-state index is 0.0650. The number of carbonyl (C=O) groups excluding carboxylic acids is 1. The summed E-state index contributed by atoms with van der Waals surface area (Å²) in [6.45, 7) is 0. The van der Waals surface area contributed by atoms with E-state index < -0.39 is 20.8 Å². The summed E-state index contributed by atoms with van der Waals surface area (Å²) in [6.07, 6.45) is 0.388. The molecular weight excluding hydrogens is 310 g/mol. The number of carbonyl (C=O) groups is 1. The number of amides is 1. The third kappa shape index (κ3) is 3.42. The van der Waals surface area contributed by atoms with Crippen LogP contribution in [0.2, 0.25) is 0 Å². The number of rotatable bonds is 4. The van der Waals surface area contributed by atoms with Crippen molar-refractivity contribution in [1.82, 2.24) is 10.0 Å². The summed E-state index contributed by atoms with van der Waals surface area (Å²) < 4.78 is 23.2. The molecule has 0 aromatic heterocycles. The summed E-state index contributed by atoms with van der Waals surface area (Å²) in [5.41, 5.74) is 0.181. The molecule has 1 aliphatic heterocycles. The first-order chi connectivity index (χ1) is 10.2. The van der Waals surface area contributed by atoms with Crippen molar-refractivity contribution in [3.63, 3.8) is 0 Å². The number of hydrazine groups is 1. The fourth-order valence-corrected chi connectivity index (χ4v) is 4.19. The molecule has 22 heavy (non-hydrogen) atoms. The lowest BCUT2D eigenvalue weighted by Gasteiger charge is -2.33. The first-order valence-electron chi connectivity index (χ1n) is 6.67. The molecule has 1 aromatic rings. The second-order valence-electron chi connectivity index (χ2n) is 5.36. The van der Waals surface area contributed by atoms with Gasteiger partial charge in [-0.1, -0.05) is 0 Å². The van der Waals surface area contributed by atoms with Crippen molar-refractivity contribution >= 4 is 21.4 Å². The van der Waals surface area contributed by atoms with E-state index in [9.17, 15) is 23.3 Å². The first-order valence-corrected chi connectivity index (χ1v) is 8.49. The van der Waals surface area contributed by atoms with Crippen molar-refractivity contribution in [3.05, 3.63) is 39.9 Å². The topological polar surface area (TPSA) is 101 Å². The second kappa shape index (κ2) is 6.01. The minimum atomic E-state index is -3.12. The van der Waals surface area contributed by atoms with Crippen molar-refractivity contribution in [3.8, 4) is 0 Å². The monoisotopic (exact) mass is 327 g/mol. The van der Waals surface area contributed by atoms with Gasteiger partial charge < -0.3 is 0 Å². The molecule has 8 nitrogen and oxygen atoms in total. The van der Waals surface area contributed by atoms with Crippen LogP contribution in [0.4, 0.5) is 5.69 Å². The van der Waals surface area contributed by atoms with Crippen LogP contribution < -0.4 is 0 Å². The van der Waals surface area contributed by atoms with Gasteiger partial charge in [0.15, 0.2) is 9.84 Å². The molecule has 120 valence electrons. The molecule has 2 rings (SSSR count). The van der Waals surface area contributed by atoms with Crippen LogP contribution in [0.5, 0.6) is 0 Å². The van der Waals surface area contributed by atoms with Gasteiger partial charge >= 0.3 is 0 Å². The van der Waals surface area contributed by atoms with Gasteiger partial charge in [-0.2, -0.15) is 0 Å². The summed E-state index contributed by atoms with van der Waals surface area (Å²) >= 11 is 0. The number of nitro groups is 1. The van der Waals surface area contributed by atoms with E-state index in [4.69, 9.17) is 0 Å². The van der Waals surface area contributed by atoms with E-state index in [0.29, 0.717) is 6.42 Å². The van der Waals surface area contributed by atoms with E-state index in [1.807, 2.05) is 0 Å². The number of sulfone groups is 1. The van der Waals surface area contributed by atoms with Crippen LogP contribution in [0.3, 0.4) is 0 Å². The molecule has 0 bridgehead atoms.